The zero-order chi connectivity index (χ0) is 17.5. The molecule has 2 aromatic rings. The standard InChI is InChI=1S/C17H23FN4O2/c1-21(2)16(13-4-6-14(18)7-5-13)17(23)20-11-15-10-19-12-22(15)8-9-24-3/h4-7,10,12,16H,8-9,11H2,1-3H3,(H,20,23)/t16-/m0/s1. The van der Waals surface area contributed by atoms with Crippen LogP contribution in [0.25, 0.3) is 0 Å². The van der Waals surface area contributed by atoms with Gasteiger partial charge in [-0.1, -0.05) is 12.1 Å². The molecule has 0 bridgehead atoms. The van der Waals surface area contributed by atoms with Gasteiger partial charge in [0.25, 0.3) is 0 Å². The minimum atomic E-state index is -0.485. The Bertz CT molecular complexity index is 655. The second-order valence-corrected chi connectivity index (χ2v) is 5.71. The number of carbonyl (C=O) groups excluding carboxylic acids is 1. The molecule has 1 aromatic heterocycles. The number of likely N-dealkylation sites (N-methyl/N-ethyl adjacent to an activating group) is 1. The van der Waals surface area contributed by atoms with Gasteiger partial charge in [0.05, 0.1) is 25.2 Å². The number of hydrogen-bond acceptors (Lipinski definition) is 4. The number of aromatic nitrogens is 2. The highest BCUT2D eigenvalue weighted by Gasteiger charge is 2.22. The van der Waals surface area contributed by atoms with E-state index in [9.17, 15) is 9.18 Å². The summed E-state index contributed by atoms with van der Waals surface area (Å²) in [5.41, 5.74) is 1.64. The van der Waals surface area contributed by atoms with Crippen molar-refractivity contribution >= 4 is 5.91 Å². The lowest BCUT2D eigenvalue weighted by Gasteiger charge is -2.24. The molecular weight excluding hydrogens is 311 g/mol. The van der Waals surface area contributed by atoms with Crippen LogP contribution in [0.15, 0.2) is 36.8 Å². The zero-order valence-corrected chi connectivity index (χ0v) is 14.2. The first kappa shape index (κ1) is 18.1. The fraction of sp³-hybridized carbons (Fsp3) is 0.412. The molecule has 7 heteroatoms. The Morgan fingerprint density at radius 3 is 2.71 bits per heavy atom. The third kappa shape index (κ3) is 4.62. The molecule has 0 fully saturated rings. The number of benzene rings is 1. The number of hydrogen-bond donors (Lipinski definition) is 1. The molecule has 0 radical (unpaired) electrons. The maximum Gasteiger partial charge on any atom is 0.242 e. The smallest absolute Gasteiger partial charge is 0.242 e. The molecule has 0 saturated carbocycles. The Morgan fingerprint density at radius 2 is 2.08 bits per heavy atom. The first-order valence-electron chi connectivity index (χ1n) is 7.70. The summed E-state index contributed by atoms with van der Waals surface area (Å²) >= 11 is 0. The van der Waals surface area contributed by atoms with Crippen molar-refractivity contribution in [3.05, 3.63) is 53.9 Å². The highest BCUT2D eigenvalue weighted by molar-refractivity contribution is 5.83. The maximum absolute atomic E-state index is 13.1. The molecule has 0 spiro atoms. The van der Waals surface area contributed by atoms with Crippen molar-refractivity contribution in [2.24, 2.45) is 0 Å². The monoisotopic (exact) mass is 334 g/mol. The first-order chi connectivity index (χ1) is 11.5. The minimum absolute atomic E-state index is 0.147. The maximum atomic E-state index is 13.1. The number of carbonyl (C=O) groups is 1. The SMILES string of the molecule is COCCn1cncc1CNC(=O)[C@H](c1ccc(F)cc1)N(C)C. The molecule has 0 aliphatic heterocycles. The molecule has 130 valence electrons. The third-order valence-corrected chi connectivity index (χ3v) is 3.73. The normalized spacial score (nSPS) is 12.4. The van der Waals surface area contributed by atoms with Crippen LogP contribution >= 0.6 is 0 Å². The van der Waals surface area contributed by atoms with Gasteiger partial charge in [-0.3, -0.25) is 9.69 Å². The van der Waals surface area contributed by atoms with Crippen LogP contribution in [-0.4, -0.2) is 48.2 Å². The van der Waals surface area contributed by atoms with Crippen LogP contribution in [0.1, 0.15) is 17.3 Å². The van der Waals surface area contributed by atoms with Crippen molar-refractivity contribution in [2.75, 3.05) is 27.8 Å². The van der Waals surface area contributed by atoms with E-state index < -0.39 is 6.04 Å². The highest BCUT2D eigenvalue weighted by atomic mass is 19.1. The number of rotatable bonds is 8. The molecule has 1 aromatic carbocycles. The lowest BCUT2D eigenvalue weighted by atomic mass is 10.1. The summed E-state index contributed by atoms with van der Waals surface area (Å²) in [6.07, 6.45) is 3.43. The van der Waals surface area contributed by atoms with Gasteiger partial charge in [-0.2, -0.15) is 0 Å². The molecule has 1 N–H and O–H groups in total. The fourth-order valence-corrected chi connectivity index (χ4v) is 2.49. The second-order valence-electron chi connectivity index (χ2n) is 5.71. The summed E-state index contributed by atoms with van der Waals surface area (Å²) in [5.74, 6) is -0.468. The summed E-state index contributed by atoms with van der Waals surface area (Å²) < 4.78 is 20.1. The molecule has 1 heterocycles. The van der Waals surface area contributed by atoms with Gasteiger partial charge in [-0.05, 0) is 31.8 Å². The predicted molar refractivity (Wildman–Crippen MR) is 88.8 cm³/mol. The Labute approximate surface area is 141 Å². The van der Waals surface area contributed by atoms with Crippen molar-refractivity contribution in [1.29, 1.82) is 0 Å². The largest absolute Gasteiger partial charge is 0.383 e. The topological polar surface area (TPSA) is 59.4 Å². The van der Waals surface area contributed by atoms with E-state index >= 15 is 0 Å². The Morgan fingerprint density at radius 1 is 1.38 bits per heavy atom. The van der Waals surface area contributed by atoms with Gasteiger partial charge in [-0.25, -0.2) is 9.37 Å². The van der Waals surface area contributed by atoms with E-state index in [2.05, 4.69) is 10.3 Å². The summed E-state index contributed by atoms with van der Waals surface area (Å²) in [6, 6.07) is 5.49. The van der Waals surface area contributed by atoms with E-state index in [0.717, 1.165) is 11.3 Å². The number of imidazole rings is 1. The molecule has 2 rings (SSSR count). The average Bonchev–Trinajstić information content (AvgIpc) is 3.00. The van der Waals surface area contributed by atoms with Gasteiger partial charge in [0, 0.05) is 19.9 Å². The number of ether oxygens (including phenoxy) is 1. The molecule has 0 aliphatic carbocycles. The number of nitrogens with zero attached hydrogens (tertiary/aromatic N) is 3. The average molecular weight is 334 g/mol. The summed E-state index contributed by atoms with van der Waals surface area (Å²) in [5, 5.41) is 2.92. The third-order valence-electron chi connectivity index (χ3n) is 3.73. The van der Waals surface area contributed by atoms with E-state index in [4.69, 9.17) is 4.74 Å². The molecule has 0 saturated heterocycles. The summed E-state index contributed by atoms with van der Waals surface area (Å²) in [6.45, 7) is 1.62. The van der Waals surface area contributed by atoms with Crippen LogP contribution in [0.4, 0.5) is 4.39 Å². The molecule has 24 heavy (non-hydrogen) atoms. The van der Waals surface area contributed by atoms with E-state index in [1.54, 1.807) is 36.7 Å². The molecule has 1 atom stereocenters. The van der Waals surface area contributed by atoms with Gasteiger partial charge in [0.1, 0.15) is 11.9 Å². The van der Waals surface area contributed by atoms with E-state index in [-0.39, 0.29) is 11.7 Å². The van der Waals surface area contributed by atoms with E-state index in [1.807, 2.05) is 18.7 Å². The van der Waals surface area contributed by atoms with Crippen LogP contribution in [0, 0.1) is 5.82 Å². The Hall–Kier alpha value is -2.25. The van der Waals surface area contributed by atoms with Gasteiger partial charge in [0.2, 0.25) is 5.91 Å². The summed E-state index contributed by atoms with van der Waals surface area (Å²) in [4.78, 5) is 18.5. The second kappa shape index (κ2) is 8.56. The van der Waals surface area contributed by atoms with Crippen molar-refractivity contribution < 1.29 is 13.9 Å². The fourth-order valence-electron chi connectivity index (χ4n) is 2.49. The lowest BCUT2D eigenvalue weighted by Crippen LogP contribution is -2.37. The Kier molecular flexibility index (Phi) is 6.45. The van der Waals surface area contributed by atoms with E-state index in [0.29, 0.717) is 19.7 Å². The van der Waals surface area contributed by atoms with Crippen LogP contribution in [0.3, 0.4) is 0 Å². The Balaban J connectivity index is 2.04. The van der Waals surface area contributed by atoms with Crippen LogP contribution in [-0.2, 0) is 22.6 Å². The molecule has 6 nitrogen and oxygen atoms in total. The molecule has 1 amide bonds. The van der Waals surface area contributed by atoms with Crippen molar-refractivity contribution in [1.82, 2.24) is 19.8 Å². The number of amides is 1. The van der Waals surface area contributed by atoms with Gasteiger partial charge in [-0.15, -0.1) is 0 Å². The lowest BCUT2D eigenvalue weighted by molar-refractivity contribution is -0.126. The van der Waals surface area contributed by atoms with E-state index in [1.165, 1.54) is 12.1 Å². The highest BCUT2D eigenvalue weighted by Crippen LogP contribution is 2.19. The molecular formula is C17H23FN4O2. The van der Waals surface area contributed by atoms with Crippen molar-refractivity contribution in [3.63, 3.8) is 0 Å². The zero-order valence-electron chi connectivity index (χ0n) is 14.2. The predicted octanol–water partition coefficient (Wildman–Crippen LogP) is 1.59. The molecule has 0 aliphatic rings. The quantitative estimate of drug-likeness (QED) is 0.796. The van der Waals surface area contributed by atoms with Crippen molar-refractivity contribution in [3.8, 4) is 0 Å². The van der Waals surface area contributed by atoms with Gasteiger partial charge < -0.3 is 14.6 Å². The van der Waals surface area contributed by atoms with Crippen LogP contribution in [0.5, 0.6) is 0 Å². The number of halogens is 1. The molecule has 0 unspecified atom stereocenters. The minimum Gasteiger partial charge on any atom is -0.383 e. The van der Waals surface area contributed by atoms with Gasteiger partial charge >= 0.3 is 0 Å². The number of nitrogens with one attached hydrogen (secondary N) is 1. The van der Waals surface area contributed by atoms with Crippen LogP contribution < -0.4 is 5.32 Å². The van der Waals surface area contributed by atoms with Crippen LogP contribution in [0.2, 0.25) is 0 Å². The number of methoxy groups -OCH3 is 1. The first-order valence-corrected chi connectivity index (χ1v) is 7.70. The summed E-state index contributed by atoms with van der Waals surface area (Å²) in [7, 11) is 5.27. The van der Waals surface area contributed by atoms with Gasteiger partial charge in [0.15, 0.2) is 0 Å². The van der Waals surface area contributed by atoms with Crippen molar-refractivity contribution in [2.45, 2.75) is 19.1 Å².